The van der Waals surface area contributed by atoms with E-state index in [0.717, 1.165) is 6.42 Å². The number of benzene rings is 2. The molecule has 8 heteroatoms. The third kappa shape index (κ3) is 6.06. The van der Waals surface area contributed by atoms with Gasteiger partial charge in [0.15, 0.2) is 11.7 Å². The van der Waals surface area contributed by atoms with Crippen molar-refractivity contribution in [1.29, 1.82) is 0 Å². The van der Waals surface area contributed by atoms with Gasteiger partial charge in [0.1, 0.15) is 11.5 Å². The zero-order valence-electron chi connectivity index (χ0n) is 14.1. The number of amides is 2. The summed E-state index contributed by atoms with van der Waals surface area (Å²) in [5, 5.41) is 11.5. The average Bonchev–Trinajstić information content (AvgIpc) is 2.65. The van der Waals surface area contributed by atoms with Gasteiger partial charge in [0.05, 0.1) is 0 Å². The average molecular weight is 373 g/mol. The Morgan fingerprint density at radius 3 is 2.31 bits per heavy atom. The number of hydrazine groups is 1. The van der Waals surface area contributed by atoms with Gasteiger partial charge in [0.25, 0.3) is 11.8 Å². The van der Waals surface area contributed by atoms with Crippen LogP contribution >= 0.6 is 12.2 Å². The number of aromatic hydroxyl groups is 1. The molecule has 7 nitrogen and oxygen atoms in total. The molecule has 0 aliphatic carbocycles. The van der Waals surface area contributed by atoms with Crippen LogP contribution in [0.5, 0.6) is 11.5 Å². The van der Waals surface area contributed by atoms with Crippen LogP contribution in [0.25, 0.3) is 0 Å². The predicted molar refractivity (Wildman–Crippen MR) is 101 cm³/mol. The largest absolute Gasteiger partial charge is 0.508 e. The molecule has 2 amide bonds. The molecule has 0 atom stereocenters. The molecule has 136 valence electrons. The van der Waals surface area contributed by atoms with Crippen molar-refractivity contribution in [3.05, 3.63) is 59.7 Å². The number of hydrogen-bond donors (Lipinski definition) is 4. The number of hydrogen-bond acceptors (Lipinski definition) is 5. The van der Waals surface area contributed by atoms with E-state index in [-0.39, 0.29) is 17.5 Å². The molecule has 0 aliphatic heterocycles. The maximum Gasteiger partial charge on any atom is 0.269 e. The third-order valence-electron chi connectivity index (χ3n) is 3.37. The number of aryl methyl sites for hydroxylation is 1. The van der Waals surface area contributed by atoms with Crippen molar-refractivity contribution in [2.75, 3.05) is 6.61 Å². The Hall–Kier alpha value is -3.13. The molecule has 0 saturated heterocycles. The van der Waals surface area contributed by atoms with Gasteiger partial charge in [-0.15, -0.1) is 0 Å². The molecule has 0 spiro atoms. The maximum absolute atomic E-state index is 11.9. The first-order valence-corrected chi connectivity index (χ1v) is 8.29. The van der Waals surface area contributed by atoms with E-state index < -0.39 is 11.8 Å². The normalized spacial score (nSPS) is 9.88. The molecule has 0 heterocycles. The molecule has 0 fully saturated rings. The van der Waals surface area contributed by atoms with Crippen molar-refractivity contribution in [1.82, 2.24) is 16.2 Å². The molecule has 0 bridgehead atoms. The first-order valence-electron chi connectivity index (χ1n) is 7.89. The fourth-order valence-corrected chi connectivity index (χ4v) is 2.13. The highest BCUT2D eigenvalue weighted by Gasteiger charge is 2.08. The minimum atomic E-state index is -0.464. The Morgan fingerprint density at radius 1 is 1.04 bits per heavy atom. The number of phenolic OH excluding ortho intramolecular Hbond substituents is 1. The minimum absolute atomic E-state index is 0.0571. The second kappa shape index (κ2) is 9.38. The summed E-state index contributed by atoms with van der Waals surface area (Å²) in [6.07, 6.45) is 0.927. The van der Waals surface area contributed by atoms with E-state index in [1.54, 1.807) is 12.1 Å². The Labute approximate surface area is 156 Å². The van der Waals surface area contributed by atoms with Crippen molar-refractivity contribution in [3.63, 3.8) is 0 Å². The van der Waals surface area contributed by atoms with Crippen LogP contribution in [0.15, 0.2) is 48.5 Å². The van der Waals surface area contributed by atoms with Gasteiger partial charge in [-0.3, -0.25) is 25.8 Å². The van der Waals surface area contributed by atoms with E-state index in [1.807, 2.05) is 12.1 Å². The molecule has 2 aromatic rings. The summed E-state index contributed by atoms with van der Waals surface area (Å²) >= 11 is 4.93. The van der Waals surface area contributed by atoms with E-state index in [4.69, 9.17) is 17.0 Å². The zero-order valence-corrected chi connectivity index (χ0v) is 14.9. The molecule has 26 heavy (non-hydrogen) atoms. The number of nitrogens with one attached hydrogen (secondary N) is 3. The second-order valence-electron chi connectivity index (χ2n) is 5.29. The van der Waals surface area contributed by atoms with Gasteiger partial charge in [0, 0.05) is 5.56 Å². The van der Waals surface area contributed by atoms with Crippen LogP contribution in [-0.2, 0) is 11.2 Å². The quantitative estimate of drug-likeness (QED) is 0.470. The maximum atomic E-state index is 11.9. The van der Waals surface area contributed by atoms with Crippen LogP contribution in [-0.4, -0.2) is 28.6 Å². The van der Waals surface area contributed by atoms with Crippen LogP contribution in [0.2, 0.25) is 0 Å². The van der Waals surface area contributed by atoms with Crippen molar-refractivity contribution < 1.29 is 19.4 Å². The second-order valence-corrected chi connectivity index (χ2v) is 5.70. The number of thiocarbonyl (C=S) groups is 1. The molecular weight excluding hydrogens is 354 g/mol. The fraction of sp³-hybridized carbons (Fsp3) is 0.167. The molecule has 2 aromatic carbocycles. The predicted octanol–water partition coefficient (Wildman–Crippen LogP) is 1.67. The molecule has 4 N–H and O–H groups in total. The van der Waals surface area contributed by atoms with E-state index in [1.165, 1.54) is 29.8 Å². The first kappa shape index (κ1) is 19.2. The van der Waals surface area contributed by atoms with Gasteiger partial charge in [-0.05, 0) is 60.6 Å². The number of rotatable bonds is 5. The van der Waals surface area contributed by atoms with Gasteiger partial charge < -0.3 is 9.84 Å². The molecule has 0 unspecified atom stereocenters. The lowest BCUT2D eigenvalue weighted by Gasteiger charge is -2.11. The Morgan fingerprint density at radius 2 is 1.69 bits per heavy atom. The molecule has 0 aliphatic rings. The Bertz CT molecular complexity index is 776. The van der Waals surface area contributed by atoms with Crippen LogP contribution in [0.3, 0.4) is 0 Å². The van der Waals surface area contributed by atoms with Gasteiger partial charge in [-0.1, -0.05) is 19.1 Å². The first-order chi connectivity index (χ1) is 12.5. The highest BCUT2D eigenvalue weighted by molar-refractivity contribution is 7.80. The summed E-state index contributed by atoms with van der Waals surface area (Å²) in [6, 6.07) is 13.1. The van der Waals surface area contributed by atoms with E-state index in [9.17, 15) is 14.7 Å². The molecule has 0 radical (unpaired) electrons. The lowest BCUT2D eigenvalue weighted by atomic mass is 10.2. The Kier molecular flexibility index (Phi) is 6.92. The van der Waals surface area contributed by atoms with E-state index in [0.29, 0.717) is 11.3 Å². The number of carbonyl (C=O) groups excluding carboxylic acids is 2. The van der Waals surface area contributed by atoms with Crippen LogP contribution in [0.1, 0.15) is 22.8 Å². The molecular formula is C18H19N3O4S. The lowest BCUT2D eigenvalue weighted by Crippen LogP contribution is -2.49. The summed E-state index contributed by atoms with van der Waals surface area (Å²) in [4.78, 5) is 23.7. The van der Waals surface area contributed by atoms with Gasteiger partial charge in [0.2, 0.25) is 0 Å². The number of ether oxygens (including phenoxy) is 1. The van der Waals surface area contributed by atoms with Crippen molar-refractivity contribution >= 4 is 29.1 Å². The smallest absolute Gasteiger partial charge is 0.269 e. The SMILES string of the molecule is CCc1ccc(OCC(=O)NC(=S)NNC(=O)c2ccc(O)cc2)cc1. The Balaban J connectivity index is 1.71. The van der Waals surface area contributed by atoms with Crippen molar-refractivity contribution in [2.45, 2.75) is 13.3 Å². The van der Waals surface area contributed by atoms with Crippen molar-refractivity contribution in [2.24, 2.45) is 0 Å². The molecule has 2 rings (SSSR count). The summed E-state index contributed by atoms with van der Waals surface area (Å²) in [7, 11) is 0. The summed E-state index contributed by atoms with van der Waals surface area (Å²) in [5.74, 6) is -0.284. The lowest BCUT2D eigenvalue weighted by molar-refractivity contribution is -0.121. The van der Waals surface area contributed by atoms with Gasteiger partial charge in [-0.2, -0.15) is 0 Å². The summed E-state index contributed by atoms with van der Waals surface area (Å²) in [5.41, 5.74) is 6.26. The van der Waals surface area contributed by atoms with Crippen LogP contribution in [0, 0.1) is 0 Å². The van der Waals surface area contributed by atoms with Crippen molar-refractivity contribution in [3.8, 4) is 11.5 Å². The van der Waals surface area contributed by atoms with Crippen LogP contribution in [0.4, 0.5) is 0 Å². The molecule has 0 aromatic heterocycles. The standard InChI is InChI=1S/C18H19N3O4S/c1-2-12-3-9-15(10-4-12)25-11-16(23)19-18(26)21-20-17(24)13-5-7-14(22)8-6-13/h3-10,22H,2,11H2,1H3,(H,20,24)(H2,19,21,23,26). The van der Waals surface area contributed by atoms with Gasteiger partial charge in [-0.25, -0.2) is 0 Å². The third-order valence-corrected chi connectivity index (χ3v) is 3.58. The zero-order chi connectivity index (χ0) is 18.9. The number of carbonyl (C=O) groups is 2. The summed E-state index contributed by atoms with van der Waals surface area (Å²) < 4.78 is 5.36. The van der Waals surface area contributed by atoms with E-state index >= 15 is 0 Å². The highest BCUT2D eigenvalue weighted by Crippen LogP contribution is 2.12. The number of phenols is 1. The van der Waals surface area contributed by atoms with E-state index in [2.05, 4.69) is 23.1 Å². The monoisotopic (exact) mass is 373 g/mol. The topological polar surface area (TPSA) is 99.7 Å². The highest BCUT2D eigenvalue weighted by atomic mass is 32.1. The minimum Gasteiger partial charge on any atom is -0.508 e. The van der Waals surface area contributed by atoms with Crippen LogP contribution < -0.4 is 20.9 Å². The fourth-order valence-electron chi connectivity index (χ4n) is 1.96. The molecule has 0 saturated carbocycles. The van der Waals surface area contributed by atoms with Gasteiger partial charge >= 0.3 is 0 Å². The summed E-state index contributed by atoms with van der Waals surface area (Å²) in [6.45, 7) is 1.84.